The normalized spacial score (nSPS) is 10.1. The maximum absolute atomic E-state index is 12.1. The van der Waals surface area contributed by atoms with Crippen molar-refractivity contribution in [3.8, 4) is 11.5 Å². The highest BCUT2D eigenvalue weighted by molar-refractivity contribution is 6.00. The topological polar surface area (TPSA) is 46.5 Å². The molecule has 0 bridgehead atoms. The second-order valence-electron chi connectivity index (χ2n) is 3.86. The van der Waals surface area contributed by atoms with E-state index in [-0.39, 0.29) is 23.5 Å². The summed E-state index contributed by atoms with van der Waals surface area (Å²) in [7, 11) is 1.57. The molecule has 0 amide bonds. The van der Waals surface area contributed by atoms with Gasteiger partial charge in [-0.2, -0.15) is 0 Å². The minimum Gasteiger partial charge on any atom is -0.507 e. The van der Waals surface area contributed by atoms with E-state index in [0.29, 0.717) is 5.75 Å². The summed E-state index contributed by atoms with van der Waals surface area (Å²) < 4.78 is 5.19. The number of benzene rings is 2. The molecule has 1 N–H and O–H groups in total. The van der Waals surface area contributed by atoms with Crippen molar-refractivity contribution in [3.63, 3.8) is 0 Å². The zero-order valence-electron chi connectivity index (χ0n) is 10.0. The third-order valence-electron chi connectivity index (χ3n) is 2.68. The van der Waals surface area contributed by atoms with Crippen LogP contribution in [0.4, 0.5) is 0 Å². The SMILES string of the molecule is COc1ccccc1CC(=O)c1c[c]ccc1O. The zero-order valence-corrected chi connectivity index (χ0v) is 10.0. The van der Waals surface area contributed by atoms with Crippen LogP contribution in [0.5, 0.6) is 11.5 Å². The minimum atomic E-state index is -0.158. The number of hydrogen-bond acceptors (Lipinski definition) is 3. The molecule has 0 aliphatic carbocycles. The molecule has 0 saturated heterocycles. The Morgan fingerprint density at radius 3 is 2.83 bits per heavy atom. The number of para-hydroxylation sites is 1. The van der Waals surface area contributed by atoms with Gasteiger partial charge >= 0.3 is 0 Å². The number of carbonyl (C=O) groups excluding carboxylic acids is 1. The number of methoxy groups -OCH3 is 1. The Labute approximate surface area is 106 Å². The second kappa shape index (κ2) is 5.36. The highest BCUT2D eigenvalue weighted by Crippen LogP contribution is 2.22. The first-order valence-corrected chi connectivity index (χ1v) is 5.56. The summed E-state index contributed by atoms with van der Waals surface area (Å²) >= 11 is 0. The fourth-order valence-electron chi connectivity index (χ4n) is 1.76. The van der Waals surface area contributed by atoms with E-state index in [4.69, 9.17) is 4.74 Å². The summed E-state index contributed by atoms with van der Waals surface area (Å²) in [4.78, 5) is 12.1. The molecule has 0 aromatic heterocycles. The van der Waals surface area contributed by atoms with Crippen molar-refractivity contribution in [1.82, 2.24) is 0 Å². The van der Waals surface area contributed by atoms with E-state index in [1.54, 1.807) is 19.2 Å². The van der Waals surface area contributed by atoms with Gasteiger partial charge in [-0.15, -0.1) is 0 Å². The van der Waals surface area contributed by atoms with E-state index in [1.807, 2.05) is 18.2 Å². The maximum atomic E-state index is 12.1. The van der Waals surface area contributed by atoms with Crippen LogP contribution in [0, 0.1) is 6.07 Å². The van der Waals surface area contributed by atoms with Gasteiger partial charge < -0.3 is 9.84 Å². The molecule has 1 radical (unpaired) electrons. The molecule has 18 heavy (non-hydrogen) atoms. The summed E-state index contributed by atoms with van der Waals surface area (Å²) in [6.45, 7) is 0. The molecule has 0 aliphatic heterocycles. The number of Topliss-reactive ketones (excluding diaryl/α,β-unsaturated/α-hetero) is 1. The van der Waals surface area contributed by atoms with E-state index >= 15 is 0 Å². The van der Waals surface area contributed by atoms with Crippen LogP contribution < -0.4 is 4.74 Å². The lowest BCUT2D eigenvalue weighted by Gasteiger charge is -2.08. The van der Waals surface area contributed by atoms with Gasteiger partial charge in [0.25, 0.3) is 0 Å². The number of phenolic OH excluding ortho intramolecular Hbond substituents is 1. The number of ketones is 1. The Bertz CT molecular complexity index is 561. The lowest BCUT2D eigenvalue weighted by molar-refractivity contribution is 0.0989. The van der Waals surface area contributed by atoms with Crippen molar-refractivity contribution in [2.45, 2.75) is 6.42 Å². The zero-order chi connectivity index (χ0) is 13.0. The van der Waals surface area contributed by atoms with Crippen molar-refractivity contribution >= 4 is 5.78 Å². The fourth-order valence-corrected chi connectivity index (χ4v) is 1.76. The molecule has 0 heterocycles. The lowest BCUT2D eigenvalue weighted by atomic mass is 10.0. The quantitative estimate of drug-likeness (QED) is 0.837. The van der Waals surface area contributed by atoms with E-state index < -0.39 is 0 Å². The number of carbonyl (C=O) groups is 1. The monoisotopic (exact) mass is 241 g/mol. The van der Waals surface area contributed by atoms with Gasteiger partial charge in [-0.05, 0) is 24.3 Å². The summed E-state index contributed by atoms with van der Waals surface area (Å²) in [6.07, 6.45) is 0.190. The van der Waals surface area contributed by atoms with E-state index in [2.05, 4.69) is 6.07 Å². The molecule has 0 atom stereocenters. The van der Waals surface area contributed by atoms with Crippen LogP contribution in [0.25, 0.3) is 0 Å². The largest absolute Gasteiger partial charge is 0.507 e. The molecule has 2 aromatic rings. The number of phenols is 1. The smallest absolute Gasteiger partial charge is 0.171 e. The Morgan fingerprint density at radius 1 is 1.33 bits per heavy atom. The number of rotatable bonds is 4. The van der Waals surface area contributed by atoms with Crippen LogP contribution in [0.3, 0.4) is 0 Å². The number of ether oxygens (including phenoxy) is 1. The molecule has 3 nitrogen and oxygen atoms in total. The van der Waals surface area contributed by atoms with Crippen LogP contribution in [-0.4, -0.2) is 18.0 Å². The van der Waals surface area contributed by atoms with Gasteiger partial charge in [-0.3, -0.25) is 4.79 Å². The molecule has 91 valence electrons. The Hall–Kier alpha value is -2.29. The summed E-state index contributed by atoms with van der Waals surface area (Å²) in [5.41, 5.74) is 1.08. The average molecular weight is 241 g/mol. The van der Waals surface area contributed by atoms with Gasteiger partial charge in [0.2, 0.25) is 0 Å². The summed E-state index contributed by atoms with van der Waals surface area (Å²) in [5.74, 6) is 0.493. The second-order valence-corrected chi connectivity index (χ2v) is 3.86. The van der Waals surface area contributed by atoms with Gasteiger partial charge in [0.05, 0.1) is 12.7 Å². The van der Waals surface area contributed by atoms with Crippen LogP contribution in [-0.2, 0) is 6.42 Å². The maximum Gasteiger partial charge on any atom is 0.171 e. The third-order valence-corrected chi connectivity index (χ3v) is 2.68. The van der Waals surface area contributed by atoms with Crippen molar-refractivity contribution in [2.24, 2.45) is 0 Å². The Kier molecular flexibility index (Phi) is 3.63. The molecular weight excluding hydrogens is 228 g/mol. The van der Waals surface area contributed by atoms with Gasteiger partial charge in [-0.1, -0.05) is 24.3 Å². The van der Waals surface area contributed by atoms with E-state index in [0.717, 1.165) is 5.56 Å². The van der Waals surface area contributed by atoms with Gasteiger partial charge in [0.1, 0.15) is 11.5 Å². The highest BCUT2D eigenvalue weighted by Gasteiger charge is 2.13. The molecule has 3 heteroatoms. The van der Waals surface area contributed by atoms with E-state index in [9.17, 15) is 9.90 Å². The first kappa shape index (κ1) is 12.2. The molecule has 0 aliphatic rings. The molecule has 0 saturated carbocycles. The molecule has 2 aromatic carbocycles. The van der Waals surface area contributed by atoms with Crippen LogP contribution in [0.15, 0.2) is 42.5 Å². The van der Waals surface area contributed by atoms with Crippen molar-refractivity contribution < 1.29 is 14.6 Å². The van der Waals surface area contributed by atoms with Crippen LogP contribution in [0.2, 0.25) is 0 Å². The van der Waals surface area contributed by atoms with Crippen molar-refractivity contribution in [2.75, 3.05) is 7.11 Å². The highest BCUT2D eigenvalue weighted by atomic mass is 16.5. The molecule has 2 rings (SSSR count). The lowest BCUT2D eigenvalue weighted by Crippen LogP contribution is -2.05. The first-order valence-electron chi connectivity index (χ1n) is 5.56. The van der Waals surface area contributed by atoms with Gasteiger partial charge in [-0.25, -0.2) is 0 Å². The standard InChI is InChI=1S/C15H13O3/c1-18-15-9-5-2-6-11(15)10-14(17)12-7-3-4-8-13(12)16/h2,4-9,16H,10H2,1H3. The summed E-state index contributed by atoms with van der Waals surface area (Å²) in [5, 5.41) is 9.61. The van der Waals surface area contributed by atoms with Crippen LogP contribution >= 0.6 is 0 Å². The van der Waals surface area contributed by atoms with Crippen molar-refractivity contribution in [1.29, 1.82) is 0 Å². The minimum absolute atomic E-state index is 0.0198. The molecule has 0 spiro atoms. The summed E-state index contributed by atoms with van der Waals surface area (Å²) in [6, 6.07) is 14.6. The first-order chi connectivity index (χ1) is 8.72. The number of hydrogen-bond donors (Lipinski definition) is 1. The van der Waals surface area contributed by atoms with Gasteiger partial charge in [0, 0.05) is 12.0 Å². The molecule has 0 unspecified atom stereocenters. The molecule has 0 fully saturated rings. The predicted octanol–water partition coefficient (Wildman–Crippen LogP) is 2.63. The fraction of sp³-hybridized carbons (Fsp3) is 0.133. The van der Waals surface area contributed by atoms with Gasteiger partial charge in [0.15, 0.2) is 5.78 Å². The van der Waals surface area contributed by atoms with E-state index in [1.165, 1.54) is 12.1 Å². The average Bonchev–Trinajstić information content (AvgIpc) is 2.39. The van der Waals surface area contributed by atoms with Crippen LogP contribution in [0.1, 0.15) is 15.9 Å². The third kappa shape index (κ3) is 2.51. The predicted molar refractivity (Wildman–Crippen MR) is 68.0 cm³/mol. The Balaban J connectivity index is 2.24. The van der Waals surface area contributed by atoms with Crippen molar-refractivity contribution in [3.05, 3.63) is 59.7 Å². The Morgan fingerprint density at radius 2 is 2.11 bits per heavy atom. The molecular formula is C15H13O3. The number of aromatic hydroxyl groups is 1.